The molecule has 0 saturated carbocycles. The molecule has 3 heterocycles. The van der Waals surface area contributed by atoms with Crippen molar-refractivity contribution in [3.05, 3.63) is 82.5 Å². The van der Waals surface area contributed by atoms with Crippen molar-refractivity contribution in [3.63, 3.8) is 0 Å². The first-order valence-corrected chi connectivity index (χ1v) is 13.0. The summed E-state index contributed by atoms with van der Waals surface area (Å²) < 4.78 is 9.05. The molecule has 3 aromatic heterocycles. The molecule has 4 N–H and O–H groups in total. The summed E-state index contributed by atoms with van der Waals surface area (Å²) in [7, 11) is 1.76. The van der Waals surface area contributed by atoms with E-state index < -0.39 is 11.6 Å². The van der Waals surface area contributed by atoms with Gasteiger partial charge in [-0.1, -0.05) is 35.5 Å². The summed E-state index contributed by atoms with van der Waals surface area (Å²) in [5, 5.41) is 31.8. The van der Waals surface area contributed by atoms with E-state index in [1.807, 2.05) is 61.0 Å². The van der Waals surface area contributed by atoms with Crippen molar-refractivity contribution in [1.29, 1.82) is 0 Å². The Bertz CT molecular complexity index is 1700. The molecule has 0 unspecified atom stereocenters. The Labute approximate surface area is 231 Å². The normalized spacial score (nSPS) is 12.7. The number of nitrogens with one attached hydrogen (secondary N) is 2. The molecule has 0 aliphatic carbocycles. The van der Waals surface area contributed by atoms with E-state index in [9.17, 15) is 15.0 Å². The molecule has 1 atom stereocenters. The molecule has 0 spiro atoms. The zero-order valence-electron chi connectivity index (χ0n) is 23.1. The topological polar surface area (TPSA) is 143 Å². The monoisotopic (exact) mass is 543 g/mol. The van der Waals surface area contributed by atoms with Gasteiger partial charge in [-0.05, 0) is 51.5 Å². The molecule has 2 aromatic carbocycles. The standard InChI is InChI=1S/C29H33N7O4/c1-17(2)36-24-13-19(11-12-20(24)27(38)35(36)5)31-25-14-22(32-23(16-37)18-9-7-6-8-10-18)21(15-30-25)26-33-28(34-40-26)29(3,4)39/h6-15,17,23,37,39H,16H2,1-5H3,(H2,30,31,32)/t23-/m1/s1. The van der Waals surface area contributed by atoms with Crippen LogP contribution >= 0.6 is 0 Å². The first-order valence-electron chi connectivity index (χ1n) is 13.0. The lowest BCUT2D eigenvalue weighted by atomic mass is 10.1. The summed E-state index contributed by atoms with van der Waals surface area (Å²) in [4.78, 5) is 21.6. The number of aliphatic hydroxyl groups excluding tert-OH is 1. The predicted octanol–water partition coefficient (Wildman–Crippen LogP) is 4.48. The maximum Gasteiger partial charge on any atom is 0.274 e. The maximum atomic E-state index is 12.7. The molecule has 208 valence electrons. The second-order valence-corrected chi connectivity index (χ2v) is 10.5. The van der Waals surface area contributed by atoms with Crippen molar-refractivity contribution in [2.45, 2.75) is 45.4 Å². The highest BCUT2D eigenvalue weighted by molar-refractivity contribution is 5.84. The highest BCUT2D eigenvalue weighted by atomic mass is 16.5. The summed E-state index contributed by atoms with van der Waals surface area (Å²) in [5.41, 5.74) is 2.23. The zero-order chi connectivity index (χ0) is 28.6. The fraction of sp³-hybridized carbons (Fsp3) is 0.310. The van der Waals surface area contributed by atoms with E-state index in [4.69, 9.17) is 4.52 Å². The SMILES string of the molecule is CC(C)n1c2cc(Nc3cc(N[C@H](CO)c4ccccc4)c(-c4nc(C(C)(C)O)no4)cn3)ccc2c(=O)n1C. The number of nitrogens with zero attached hydrogens (tertiary/aromatic N) is 5. The van der Waals surface area contributed by atoms with Crippen LogP contribution in [0.1, 0.15) is 51.2 Å². The van der Waals surface area contributed by atoms with Gasteiger partial charge in [0.15, 0.2) is 0 Å². The van der Waals surface area contributed by atoms with Crippen LogP contribution in [0.3, 0.4) is 0 Å². The third-order valence-corrected chi connectivity index (χ3v) is 6.68. The second kappa shape index (κ2) is 10.6. The van der Waals surface area contributed by atoms with Gasteiger partial charge in [-0.25, -0.2) is 4.98 Å². The van der Waals surface area contributed by atoms with Crippen LogP contribution in [0, 0.1) is 0 Å². The number of anilines is 3. The molecule has 0 aliphatic heterocycles. The van der Waals surface area contributed by atoms with Crippen molar-refractivity contribution >= 4 is 28.1 Å². The molecule has 40 heavy (non-hydrogen) atoms. The lowest BCUT2D eigenvalue weighted by molar-refractivity contribution is 0.0661. The molecular weight excluding hydrogens is 510 g/mol. The molecule has 0 bridgehead atoms. The van der Waals surface area contributed by atoms with Gasteiger partial charge in [0.2, 0.25) is 5.82 Å². The van der Waals surface area contributed by atoms with Gasteiger partial charge in [0.05, 0.1) is 34.8 Å². The molecular formula is C29H33N7O4. The second-order valence-electron chi connectivity index (χ2n) is 10.5. The van der Waals surface area contributed by atoms with Gasteiger partial charge >= 0.3 is 0 Å². The predicted molar refractivity (Wildman–Crippen MR) is 154 cm³/mol. The fourth-order valence-electron chi connectivity index (χ4n) is 4.69. The van der Waals surface area contributed by atoms with E-state index >= 15 is 0 Å². The quantitative estimate of drug-likeness (QED) is 0.211. The molecule has 11 nitrogen and oxygen atoms in total. The lowest BCUT2D eigenvalue weighted by Gasteiger charge is -2.20. The summed E-state index contributed by atoms with van der Waals surface area (Å²) in [6.07, 6.45) is 1.59. The summed E-state index contributed by atoms with van der Waals surface area (Å²) in [6.45, 7) is 7.05. The number of pyridine rings is 1. The maximum absolute atomic E-state index is 12.7. The van der Waals surface area contributed by atoms with Crippen LogP contribution in [0.15, 0.2) is 70.1 Å². The minimum atomic E-state index is -1.28. The van der Waals surface area contributed by atoms with Crippen LogP contribution in [0.5, 0.6) is 0 Å². The number of aliphatic hydroxyl groups is 2. The van der Waals surface area contributed by atoms with Gasteiger partial charge in [0.25, 0.3) is 11.4 Å². The van der Waals surface area contributed by atoms with Crippen LogP contribution in [0.2, 0.25) is 0 Å². The molecule has 11 heteroatoms. The van der Waals surface area contributed by atoms with Gasteiger partial charge in [-0.2, -0.15) is 4.98 Å². The van der Waals surface area contributed by atoms with Crippen LogP contribution in [0.25, 0.3) is 22.4 Å². The Balaban J connectivity index is 1.55. The molecule has 0 aliphatic rings. The highest BCUT2D eigenvalue weighted by Gasteiger charge is 2.25. The molecule has 0 amide bonds. The van der Waals surface area contributed by atoms with E-state index in [-0.39, 0.29) is 29.9 Å². The molecule has 5 aromatic rings. The van der Waals surface area contributed by atoms with Gasteiger partial charge in [0.1, 0.15) is 11.4 Å². The molecule has 0 fully saturated rings. The Hall–Kier alpha value is -4.48. The first kappa shape index (κ1) is 27.1. The van der Waals surface area contributed by atoms with Crippen molar-refractivity contribution in [3.8, 4) is 11.5 Å². The Morgan fingerprint density at radius 3 is 2.50 bits per heavy atom. The van der Waals surface area contributed by atoms with Crippen LogP contribution in [-0.2, 0) is 12.6 Å². The van der Waals surface area contributed by atoms with Gasteiger partial charge in [-0.3, -0.25) is 14.2 Å². The zero-order valence-corrected chi connectivity index (χ0v) is 23.1. The number of fused-ring (bicyclic) bond motifs is 1. The minimum Gasteiger partial charge on any atom is -0.394 e. The van der Waals surface area contributed by atoms with E-state index in [2.05, 4.69) is 25.8 Å². The number of aromatic nitrogens is 5. The number of hydrogen-bond donors (Lipinski definition) is 4. The van der Waals surface area contributed by atoms with Crippen molar-refractivity contribution in [2.75, 3.05) is 17.2 Å². The fourth-order valence-corrected chi connectivity index (χ4v) is 4.69. The Morgan fingerprint density at radius 1 is 1.10 bits per heavy atom. The summed E-state index contributed by atoms with van der Waals surface area (Å²) >= 11 is 0. The average Bonchev–Trinajstić information content (AvgIpc) is 3.51. The largest absolute Gasteiger partial charge is 0.394 e. The third-order valence-electron chi connectivity index (χ3n) is 6.68. The van der Waals surface area contributed by atoms with Gasteiger partial charge < -0.3 is 25.4 Å². The molecule has 0 saturated heterocycles. The van der Waals surface area contributed by atoms with Crippen molar-refractivity contribution in [2.24, 2.45) is 7.05 Å². The highest BCUT2D eigenvalue weighted by Crippen LogP contribution is 2.33. The van der Waals surface area contributed by atoms with Crippen molar-refractivity contribution in [1.82, 2.24) is 24.5 Å². The van der Waals surface area contributed by atoms with E-state index in [1.165, 1.54) is 0 Å². The summed E-state index contributed by atoms with van der Waals surface area (Å²) in [5.74, 6) is 0.840. The van der Waals surface area contributed by atoms with E-state index in [0.29, 0.717) is 22.5 Å². The Kier molecular flexibility index (Phi) is 7.17. The molecule has 5 rings (SSSR count). The van der Waals surface area contributed by atoms with Crippen LogP contribution in [-0.4, -0.2) is 41.3 Å². The number of rotatable bonds is 9. The van der Waals surface area contributed by atoms with Crippen LogP contribution in [0.4, 0.5) is 17.2 Å². The Morgan fingerprint density at radius 2 is 1.85 bits per heavy atom. The third kappa shape index (κ3) is 5.21. The van der Waals surface area contributed by atoms with E-state index in [0.717, 1.165) is 16.8 Å². The van der Waals surface area contributed by atoms with E-state index in [1.54, 1.807) is 43.9 Å². The van der Waals surface area contributed by atoms with Gasteiger partial charge in [0, 0.05) is 31.0 Å². The average molecular weight is 544 g/mol. The lowest BCUT2D eigenvalue weighted by Crippen LogP contribution is -2.20. The molecule has 0 radical (unpaired) electrons. The van der Waals surface area contributed by atoms with Crippen LogP contribution < -0.4 is 16.2 Å². The first-order chi connectivity index (χ1) is 19.1. The summed E-state index contributed by atoms with van der Waals surface area (Å²) in [6, 6.07) is 16.6. The number of hydrogen-bond acceptors (Lipinski definition) is 9. The number of benzene rings is 2. The smallest absolute Gasteiger partial charge is 0.274 e. The minimum absolute atomic E-state index is 0.0508. The van der Waals surface area contributed by atoms with Crippen molar-refractivity contribution < 1.29 is 14.7 Å². The van der Waals surface area contributed by atoms with Gasteiger partial charge in [-0.15, -0.1) is 0 Å².